The van der Waals surface area contributed by atoms with Crippen molar-refractivity contribution in [3.05, 3.63) is 22.6 Å². The van der Waals surface area contributed by atoms with Crippen LogP contribution in [0, 0.1) is 0 Å². The molecule has 1 aromatic rings. The summed E-state index contributed by atoms with van der Waals surface area (Å²) in [4.78, 5) is 0. The fourth-order valence-electron chi connectivity index (χ4n) is 0.739. The van der Waals surface area contributed by atoms with Crippen molar-refractivity contribution in [2.75, 3.05) is 5.75 Å². The number of aryl methyl sites for hydroxylation is 1. The van der Waals surface area contributed by atoms with E-state index in [-0.39, 0.29) is 0 Å². The van der Waals surface area contributed by atoms with Gasteiger partial charge in [-0.15, -0.1) is 0 Å². The third-order valence-electron chi connectivity index (χ3n) is 1.21. The van der Waals surface area contributed by atoms with Crippen LogP contribution in [-0.2, 0) is 6.42 Å². The van der Waals surface area contributed by atoms with Crippen LogP contribution in [0.3, 0.4) is 0 Å². The van der Waals surface area contributed by atoms with Gasteiger partial charge in [-0.3, -0.25) is 0 Å². The Hall–Kier alpha value is 0.110. The highest BCUT2D eigenvalue weighted by atomic mass is 79.9. The third kappa shape index (κ3) is 2.39. The van der Waals surface area contributed by atoms with Gasteiger partial charge in [-0.25, -0.2) is 0 Å². The highest BCUT2D eigenvalue weighted by molar-refractivity contribution is 9.10. The molecule has 0 saturated heterocycles. The van der Waals surface area contributed by atoms with Gasteiger partial charge in [0.15, 0.2) is 4.67 Å². The van der Waals surface area contributed by atoms with Gasteiger partial charge in [0, 0.05) is 6.42 Å². The molecule has 0 fully saturated rings. The van der Waals surface area contributed by atoms with E-state index in [4.69, 9.17) is 4.42 Å². The minimum atomic E-state index is 0.807. The van der Waals surface area contributed by atoms with Gasteiger partial charge >= 0.3 is 0 Å². The van der Waals surface area contributed by atoms with Crippen molar-refractivity contribution in [2.45, 2.75) is 12.8 Å². The predicted octanol–water partition coefficient (Wildman–Crippen LogP) is 2.90. The number of thiol groups is 1. The molecule has 10 heavy (non-hydrogen) atoms. The monoisotopic (exact) mass is 220 g/mol. The molecular formula is C7H9BrOS. The Bertz CT molecular complexity index is 197. The maximum absolute atomic E-state index is 5.27. The number of furan rings is 1. The summed E-state index contributed by atoms with van der Waals surface area (Å²) in [7, 11) is 0. The summed E-state index contributed by atoms with van der Waals surface area (Å²) in [5, 5.41) is 0. The summed E-state index contributed by atoms with van der Waals surface area (Å²) in [5.41, 5.74) is 0. The lowest BCUT2D eigenvalue weighted by Crippen LogP contribution is -1.81. The fourth-order valence-corrected chi connectivity index (χ4v) is 1.24. The molecule has 0 saturated carbocycles. The lowest BCUT2D eigenvalue weighted by atomic mass is 10.3. The smallest absolute Gasteiger partial charge is 0.169 e. The molecule has 0 N–H and O–H groups in total. The fraction of sp³-hybridized carbons (Fsp3) is 0.429. The molecule has 0 aliphatic rings. The molecule has 0 atom stereocenters. The minimum absolute atomic E-state index is 0.807. The first kappa shape index (κ1) is 8.21. The highest BCUT2D eigenvalue weighted by Gasteiger charge is 1.96. The summed E-state index contributed by atoms with van der Waals surface area (Å²) >= 11 is 7.34. The van der Waals surface area contributed by atoms with Crippen LogP contribution in [0.4, 0.5) is 0 Å². The topological polar surface area (TPSA) is 13.1 Å². The zero-order valence-corrected chi connectivity index (χ0v) is 7.99. The van der Waals surface area contributed by atoms with Crippen molar-refractivity contribution >= 4 is 28.6 Å². The quantitative estimate of drug-likeness (QED) is 0.774. The highest BCUT2D eigenvalue weighted by Crippen LogP contribution is 2.15. The largest absolute Gasteiger partial charge is 0.454 e. The van der Waals surface area contributed by atoms with Crippen LogP contribution in [0.25, 0.3) is 0 Å². The molecule has 0 aliphatic heterocycles. The molecule has 0 aromatic carbocycles. The molecule has 0 aliphatic carbocycles. The summed E-state index contributed by atoms with van der Waals surface area (Å²) in [6.45, 7) is 0. The molecule has 56 valence electrons. The Balaban J connectivity index is 2.42. The SMILES string of the molecule is SCCCc1ccc(Br)o1. The molecule has 1 aromatic heterocycles. The Morgan fingerprint density at radius 2 is 2.30 bits per heavy atom. The maximum atomic E-state index is 5.27. The van der Waals surface area contributed by atoms with E-state index in [0.717, 1.165) is 29.0 Å². The van der Waals surface area contributed by atoms with Crippen LogP contribution in [0.2, 0.25) is 0 Å². The summed E-state index contributed by atoms with van der Waals surface area (Å²) < 4.78 is 6.08. The molecular weight excluding hydrogens is 212 g/mol. The van der Waals surface area contributed by atoms with Gasteiger partial charge in [0.25, 0.3) is 0 Å². The van der Waals surface area contributed by atoms with E-state index in [9.17, 15) is 0 Å². The number of hydrogen-bond donors (Lipinski definition) is 1. The van der Waals surface area contributed by atoms with Crippen molar-refractivity contribution < 1.29 is 4.42 Å². The molecule has 1 nitrogen and oxygen atoms in total. The first-order chi connectivity index (χ1) is 4.83. The summed E-state index contributed by atoms with van der Waals surface area (Å²) in [6.07, 6.45) is 2.05. The zero-order valence-electron chi connectivity index (χ0n) is 5.51. The van der Waals surface area contributed by atoms with Crippen molar-refractivity contribution in [1.29, 1.82) is 0 Å². The Kier molecular flexibility index (Phi) is 3.35. The van der Waals surface area contributed by atoms with Gasteiger partial charge in [-0.05, 0) is 40.2 Å². The van der Waals surface area contributed by atoms with Crippen molar-refractivity contribution in [1.82, 2.24) is 0 Å². The summed E-state index contributed by atoms with van der Waals surface area (Å²) in [5.74, 6) is 1.94. The lowest BCUT2D eigenvalue weighted by molar-refractivity contribution is 0.486. The first-order valence-corrected chi connectivity index (χ1v) is 4.60. The molecule has 0 radical (unpaired) electrons. The van der Waals surface area contributed by atoms with Gasteiger partial charge < -0.3 is 4.42 Å². The Labute approximate surface area is 74.3 Å². The molecule has 1 rings (SSSR count). The Morgan fingerprint density at radius 1 is 1.50 bits per heavy atom. The van der Waals surface area contributed by atoms with Gasteiger partial charge in [-0.1, -0.05) is 0 Å². The van der Waals surface area contributed by atoms with Gasteiger partial charge in [0.2, 0.25) is 0 Å². The van der Waals surface area contributed by atoms with Crippen LogP contribution in [-0.4, -0.2) is 5.75 Å². The molecule has 0 unspecified atom stereocenters. The standard InChI is InChI=1S/C7H9BrOS/c8-7-4-3-6(9-7)2-1-5-10/h3-4,10H,1-2,5H2. The van der Waals surface area contributed by atoms with Crippen LogP contribution in [0.5, 0.6) is 0 Å². The van der Waals surface area contributed by atoms with Crippen LogP contribution in [0.15, 0.2) is 21.2 Å². The number of hydrogen-bond acceptors (Lipinski definition) is 2. The second-order valence-corrected chi connectivity index (χ2v) is 3.26. The molecule has 0 bridgehead atoms. The van der Waals surface area contributed by atoms with Crippen molar-refractivity contribution in [2.24, 2.45) is 0 Å². The molecule has 0 amide bonds. The van der Waals surface area contributed by atoms with Crippen LogP contribution >= 0.6 is 28.6 Å². The molecule has 3 heteroatoms. The van der Waals surface area contributed by atoms with Crippen LogP contribution in [0.1, 0.15) is 12.2 Å². The normalized spacial score (nSPS) is 10.2. The first-order valence-electron chi connectivity index (χ1n) is 3.18. The van der Waals surface area contributed by atoms with Crippen molar-refractivity contribution in [3.8, 4) is 0 Å². The zero-order chi connectivity index (χ0) is 7.40. The number of halogens is 1. The van der Waals surface area contributed by atoms with Gasteiger partial charge in [-0.2, -0.15) is 12.6 Å². The second-order valence-electron chi connectivity index (χ2n) is 2.03. The predicted molar refractivity (Wildman–Crippen MR) is 48.6 cm³/mol. The Morgan fingerprint density at radius 3 is 2.80 bits per heavy atom. The van der Waals surface area contributed by atoms with Crippen molar-refractivity contribution in [3.63, 3.8) is 0 Å². The van der Waals surface area contributed by atoms with E-state index in [1.54, 1.807) is 0 Å². The third-order valence-corrected chi connectivity index (χ3v) is 1.95. The number of rotatable bonds is 3. The summed E-state index contributed by atoms with van der Waals surface area (Å²) in [6, 6.07) is 3.89. The lowest BCUT2D eigenvalue weighted by Gasteiger charge is -1.90. The van der Waals surface area contributed by atoms with E-state index < -0.39 is 0 Å². The van der Waals surface area contributed by atoms with E-state index in [2.05, 4.69) is 28.6 Å². The molecule has 0 spiro atoms. The maximum Gasteiger partial charge on any atom is 0.169 e. The average Bonchev–Trinajstić information content (AvgIpc) is 2.31. The minimum Gasteiger partial charge on any atom is -0.454 e. The van der Waals surface area contributed by atoms with E-state index in [0.29, 0.717) is 0 Å². The van der Waals surface area contributed by atoms with Gasteiger partial charge in [0.05, 0.1) is 0 Å². The average molecular weight is 221 g/mol. The van der Waals surface area contributed by atoms with E-state index in [1.807, 2.05) is 12.1 Å². The van der Waals surface area contributed by atoms with Gasteiger partial charge in [0.1, 0.15) is 5.76 Å². The van der Waals surface area contributed by atoms with E-state index >= 15 is 0 Å². The van der Waals surface area contributed by atoms with Crippen LogP contribution < -0.4 is 0 Å². The molecule has 1 heterocycles. The second kappa shape index (κ2) is 4.09. The van der Waals surface area contributed by atoms with E-state index in [1.165, 1.54) is 0 Å².